The Morgan fingerprint density at radius 2 is 0.474 bits per heavy atom. The Bertz CT molecular complexity index is 1810. The summed E-state index contributed by atoms with van der Waals surface area (Å²) in [6.45, 7) is 13.8. The highest BCUT2D eigenvalue weighted by Gasteiger charge is 2.45. The van der Waals surface area contributed by atoms with E-state index in [1.165, 1.54) is 211 Å². The Balaban J connectivity index is 1.98. The number of hydrogen-bond acceptors (Lipinski definition) is 3. The minimum atomic E-state index is -3.24. The zero-order valence-corrected chi connectivity index (χ0v) is 51.2. The van der Waals surface area contributed by atoms with Crippen molar-refractivity contribution in [3.05, 3.63) is 142 Å². The van der Waals surface area contributed by atoms with E-state index in [2.05, 4.69) is 139 Å². The summed E-state index contributed by atoms with van der Waals surface area (Å²) in [7, 11) is -3.24. The van der Waals surface area contributed by atoms with E-state index < -0.39 is 19.5 Å². The number of rotatable bonds is 48. The lowest BCUT2D eigenvalue weighted by atomic mass is 9.76. The molecule has 0 aliphatic carbocycles. The molecule has 3 nitrogen and oxygen atoms in total. The van der Waals surface area contributed by atoms with E-state index in [4.69, 9.17) is 9.05 Å². The van der Waals surface area contributed by atoms with Gasteiger partial charge in [0.1, 0.15) is 11.2 Å². The molecule has 4 heteroatoms. The van der Waals surface area contributed by atoms with Gasteiger partial charge in [0.2, 0.25) is 0 Å². The summed E-state index contributed by atoms with van der Waals surface area (Å²) in [6.07, 6.45) is 47.1. The number of benzene rings is 4. The van der Waals surface area contributed by atoms with Gasteiger partial charge >= 0.3 is 8.25 Å². The first kappa shape index (κ1) is 65.5. The Morgan fingerprint density at radius 3 is 0.711 bits per heavy atom. The van der Waals surface area contributed by atoms with Crippen molar-refractivity contribution in [1.82, 2.24) is 0 Å². The van der Waals surface area contributed by atoms with E-state index in [1.54, 1.807) is 0 Å². The Hall–Kier alpha value is -2.97. The second-order valence-corrected chi connectivity index (χ2v) is 24.0. The summed E-state index contributed by atoms with van der Waals surface area (Å²) in [5.74, 6) is 0. The Morgan fingerprint density at radius 1 is 0.276 bits per heavy atom. The van der Waals surface area contributed by atoms with Crippen LogP contribution in [0.2, 0.25) is 0 Å². The molecule has 0 saturated heterocycles. The van der Waals surface area contributed by atoms with Crippen molar-refractivity contribution in [3.8, 4) is 0 Å². The highest BCUT2D eigenvalue weighted by molar-refractivity contribution is 7.33. The summed E-state index contributed by atoms with van der Waals surface area (Å²) >= 11 is 0. The average molecular weight is 1060 g/mol. The molecule has 0 bridgehead atoms. The smallest absolute Gasteiger partial charge is 0.294 e. The van der Waals surface area contributed by atoms with Gasteiger partial charge in [0, 0.05) is 0 Å². The predicted molar refractivity (Wildman–Crippen MR) is 334 cm³/mol. The van der Waals surface area contributed by atoms with Gasteiger partial charge < -0.3 is 0 Å². The molecule has 0 unspecified atom stereocenters. The van der Waals surface area contributed by atoms with Crippen LogP contribution in [0.5, 0.6) is 0 Å². The first-order valence-electron chi connectivity index (χ1n) is 32.7. The van der Waals surface area contributed by atoms with Gasteiger partial charge in [-0.1, -0.05) is 318 Å². The summed E-state index contributed by atoms with van der Waals surface area (Å²) in [5.41, 5.74) is 8.28. The highest BCUT2D eigenvalue weighted by atomic mass is 31.1. The number of unbranched alkanes of at least 4 members (excludes halogenated alkanes) is 28. The largest absolute Gasteiger partial charge is 0.321 e. The second-order valence-electron chi connectivity index (χ2n) is 23.1. The minimum absolute atomic E-state index is 0.769. The van der Waals surface area contributed by atoms with E-state index in [0.29, 0.717) is 0 Å². The van der Waals surface area contributed by atoms with Crippen LogP contribution in [0.15, 0.2) is 97.1 Å². The van der Waals surface area contributed by atoms with Crippen molar-refractivity contribution in [2.75, 3.05) is 0 Å². The molecule has 4 rings (SSSR count). The fourth-order valence-corrected chi connectivity index (χ4v) is 13.6. The third-order valence-electron chi connectivity index (χ3n) is 16.8. The molecule has 0 N–H and O–H groups in total. The second kappa shape index (κ2) is 41.1. The van der Waals surface area contributed by atoms with Gasteiger partial charge in [-0.3, -0.25) is 13.6 Å². The minimum Gasteiger partial charge on any atom is -0.294 e. The van der Waals surface area contributed by atoms with Gasteiger partial charge in [0.05, 0.1) is 0 Å². The third kappa shape index (κ3) is 23.0. The number of hydrogen-bond donors (Lipinski definition) is 0. The maximum Gasteiger partial charge on any atom is 0.321 e. The molecule has 4 aromatic carbocycles. The molecule has 0 aromatic heterocycles. The average Bonchev–Trinajstić information content (AvgIpc) is 3.45. The van der Waals surface area contributed by atoms with Crippen molar-refractivity contribution in [2.24, 2.45) is 0 Å². The normalized spacial score (nSPS) is 12.1. The molecular formula is C72H115O3P. The SMILES string of the molecule is CCCCCCCCc1ccccc1C(CCCCCCC)(O[PH](=O)OC(CCCCCCC)(c1ccccc1CCCCCCCC)c1ccccc1CCCCCCCC)c1ccccc1CCCCCCCC. The molecule has 0 radical (unpaired) electrons. The lowest BCUT2D eigenvalue weighted by Gasteiger charge is -2.41. The van der Waals surface area contributed by atoms with Gasteiger partial charge in [-0.05, 0) is 122 Å². The molecule has 0 heterocycles. The first-order valence-corrected chi connectivity index (χ1v) is 33.9. The van der Waals surface area contributed by atoms with Gasteiger partial charge in [0.25, 0.3) is 0 Å². The summed E-state index contributed by atoms with van der Waals surface area (Å²) in [5, 5.41) is 0. The lowest BCUT2D eigenvalue weighted by molar-refractivity contribution is 0.0322. The third-order valence-corrected chi connectivity index (χ3v) is 17.8. The zero-order valence-electron chi connectivity index (χ0n) is 50.2. The van der Waals surface area contributed by atoms with Crippen LogP contribution < -0.4 is 0 Å². The maximum atomic E-state index is 16.5. The van der Waals surface area contributed by atoms with Gasteiger partial charge in [-0.2, -0.15) is 0 Å². The van der Waals surface area contributed by atoms with E-state index in [9.17, 15) is 0 Å². The van der Waals surface area contributed by atoms with Crippen LogP contribution in [0.3, 0.4) is 0 Å². The summed E-state index contributed by atoms with van der Waals surface area (Å²) in [4.78, 5) is 0. The summed E-state index contributed by atoms with van der Waals surface area (Å²) < 4.78 is 32.1. The molecular weight excluding hydrogens is 944 g/mol. The van der Waals surface area contributed by atoms with Crippen molar-refractivity contribution in [1.29, 1.82) is 0 Å². The highest BCUT2D eigenvalue weighted by Crippen LogP contribution is 2.54. The van der Waals surface area contributed by atoms with Crippen LogP contribution in [0.1, 0.15) is 317 Å². The van der Waals surface area contributed by atoms with Gasteiger partial charge in [-0.25, -0.2) is 0 Å². The quantitative estimate of drug-likeness (QED) is 0.0327. The van der Waals surface area contributed by atoms with Crippen molar-refractivity contribution in [2.45, 2.75) is 310 Å². The summed E-state index contributed by atoms with van der Waals surface area (Å²) in [6, 6.07) is 36.7. The fraction of sp³-hybridized carbons (Fsp3) is 0.667. The molecule has 76 heavy (non-hydrogen) atoms. The fourth-order valence-electron chi connectivity index (χ4n) is 12.3. The molecule has 0 spiro atoms. The molecule has 4 aromatic rings. The van der Waals surface area contributed by atoms with E-state index in [0.717, 1.165) is 89.9 Å². The molecule has 0 aliphatic rings. The molecule has 0 saturated carbocycles. The van der Waals surface area contributed by atoms with E-state index in [1.807, 2.05) is 0 Å². The van der Waals surface area contributed by atoms with Crippen molar-refractivity contribution in [3.63, 3.8) is 0 Å². The van der Waals surface area contributed by atoms with Crippen LogP contribution in [-0.2, 0) is 50.5 Å². The van der Waals surface area contributed by atoms with Crippen LogP contribution in [0.4, 0.5) is 0 Å². The lowest BCUT2D eigenvalue weighted by Crippen LogP contribution is -2.35. The molecule has 0 fully saturated rings. The van der Waals surface area contributed by atoms with E-state index >= 15 is 4.57 Å². The van der Waals surface area contributed by atoms with Crippen LogP contribution in [-0.4, -0.2) is 0 Å². The Labute approximate surface area is 470 Å². The Kier molecular flexibility index (Phi) is 35.4. The van der Waals surface area contributed by atoms with Crippen LogP contribution >= 0.6 is 8.25 Å². The number of aryl methyl sites for hydroxylation is 4. The monoisotopic (exact) mass is 1060 g/mol. The van der Waals surface area contributed by atoms with Crippen LogP contribution in [0.25, 0.3) is 0 Å². The molecule has 0 atom stereocenters. The topological polar surface area (TPSA) is 35.5 Å². The van der Waals surface area contributed by atoms with E-state index in [-0.39, 0.29) is 0 Å². The molecule has 0 amide bonds. The van der Waals surface area contributed by atoms with Crippen molar-refractivity contribution < 1.29 is 13.6 Å². The molecule has 0 aliphatic heterocycles. The van der Waals surface area contributed by atoms with Gasteiger partial charge in [-0.15, -0.1) is 0 Å². The molecule has 426 valence electrons. The first-order chi connectivity index (χ1) is 37.4. The maximum absolute atomic E-state index is 16.5. The predicted octanol–water partition coefficient (Wildman–Crippen LogP) is 23.6. The van der Waals surface area contributed by atoms with Gasteiger partial charge in [0.15, 0.2) is 0 Å². The zero-order chi connectivity index (χ0) is 54.2. The standard InChI is InChI=1S/C72H115O3P/c1-7-13-19-25-29-35-49-63-53-39-43-57-67(63)71(61-47-33-23-17-11-5,68-58-44-40-54-64(68)50-36-30-26-20-14-8-2)74-76(73)75-72(62-48-34-24-18-12-6,69-59-45-41-55-65(69)51-37-31-27-21-15-9-3)70-60-46-42-56-66(70)52-38-32-28-22-16-10-4/h39-46,53-60,76H,7-38,47-52,61-62H2,1-6H3. The van der Waals surface area contributed by atoms with Crippen LogP contribution in [0, 0.1) is 0 Å². The van der Waals surface area contributed by atoms with Crippen molar-refractivity contribution >= 4 is 8.25 Å².